The van der Waals surface area contributed by atoms with Crippen molar-refractivity contribution in [1.82, 2.24) is 9.97 Å². The predicted molar refractivity (Wildman–Crippen MR) is 92.4 cm³/mol. The van der Waals surface area contributed by atoms with E-state index >= 15 is 0 Å². The third-order valence-corrected chi connectivity index (χ3v) is 4.95. The molecule has 0 aliphatic carbocycles. The van der Waals surface area contributed by atoms with Crippen molar-refractivity contribution < 1.29 is 9.47 Å². The second kappa shape index (κ2) is 6.14. The Morgan fingerprint density at radius 3 is 2.65 bits per heavy atom. The highest BCUT2D eigenvalue weighted by atomic mass is 32.1. The van der Waals surface area contributed by atoms with Gasteiger partial charge in [0, 0.05) is 24.0 Å². The molecule has 0 spiro atoms. The number of nitrogens with zero attached hydrogens (tertiary/aromatic N) is 3. The largest absolute Gasteiger partial charge is 0.497 e. The van der Waals surface area contributed by atoms with E-state index in [1.165, 1.54) is 5.56 Å². The SMILES string of the molecule is COc1ccc(-c2csc3ncnc(N4CCOCC4)c23)cc1. The van der Waals surface area contributed by atoms with Crippen LogP contribution in [0.2, 0.25) is 0 Å². The van der Waals surface area contributed by atoms with E-state index in [-0.39, 0.29) is 0 Å². The third-order valence-electron chi connectivity index (χ3n) is 4.06. The number of fused-ring (bicyclic) bond motifs is 1. The van der Waals surface area contributed by atoms with Gasteiger partial charge in [0.15, 0.2) is 0 Å². The van der Waals surface area contributed by atoms with Gasteiger partial charge in [0.1, 0.15) is 22.7 Å². The lowest BCUT2D eigenvalue weighted by molar-refractivity contribution is 0.122. The van der Waals surface area contributed by atoms with E-state index < -0.39 is 0 Å². The van der Waals surface area contributed by atoms with Crippen LogP contribution < -0.4 is 9.64 Å². The van der Waals surface area contributed by atoms with Crippen LogP contribution in [0, 0.1) is 0 Å². The molecule has 4 rings (SSSR count). The summed E-state index contributed by atoms with van der Waals surface area (Å²) < 4.78 is 10.7. The lowest BCUT2D eigenvalue weighted by Crippen LogP contribution is -2.36. The van der Waals surface area contributed by atoms with Gasteiger partial charge in [-0.25, -0.2) is 9.97 Å². The highest BCUT2D eigenvalue weighted by molar-refractivity contribution is 7.17. The number of benzene rings is 1. The molecule has 2 aromatic heterocycles. The first-order valence-electron chi connectivity index (χ1n) is 7.56. The Balaban J connectivity index is 1.83. The molecule has 1 aromatic carbocycles. The third kappa shape index (κ3) is 2.64. The molecule has 0 unspecified atom stereocenters. The number of ether oxygens (including phenoxy) is 2. The van der Waals surface area contributed by atoms with Gasteiger partial charge < -0.3 is 14.4 Å². The van der Waals surface area contributed by atoms with Crippen LogP contribution in [0.1, 0.15) is 0 Å². The minimum atomic E-state index is 0.744. The van der Waals surface area contributed by atoms with Gasteiger partial charge in [-0.15, -0.1) is 11.3 Å². The maximum absolute atomic E-state index is 5.46. The lowest BCUT2D eigenvalue weighted by atomic mass is 10.1. The summed E-state index contributed by atoms with van der Waals surface area (Å²) in [6.45, 7) is 3.22. The van der Waals surface area contributed by atoms with Gasteiger partial charge in [-0.2, -0.15) is 0 Å². The zero-order chi connectivity index (χ0) is 15.6. The molecule has 118 valence electrons. The summed E-state index contributed by atoms with van der Waals surface area (Å²) in [6.07, 6.45) is 1.65. The highest BCUT2D eigenvalue weighted by Crippen LogP contribution is 2.38. The van der Waals surface area contributed by atoms with Gasteiger partial charge in [-0.3, -0.25) is 0 Å². The lowest BCUT2D eigenvalue weighted by Gasteiger charge is -2.28. The molecule has 23 heavy (non-hydrogen) atoms. The van der Waals surface area contributed by atoms with Crippen molar-refractivity contribution >= 4 is 27.4 Å². The number of thiophene rings is 1. The zero-order valence-corrected chi connectivity index (χ0v) is 13.7. The summed E-state index contributed by atoms with van der Waals surface area (Å²) in [7, 11) is 1.68. The van der Waals surface area contributed by atoms with Crippen LogP contribution in [0.3, 0.4) is 0 Å². The van der Waals surface area contributed by atoms with E-state index in [2.05, 4.69) is 32.4 Å². The molecular formula is C17H17N3O2S. The molecule has 3 aromatic rings. The van der Waals surface area contributed by atoms with Gasteiger partial charge in [-0.1, -0.05) is 12.1 Å². The Labute approximate surface area is 138 Å². The second-order valence-electron chi connectivity index (χ2n) is 5.35. The predicted octanol–water partition coefficient (Wildman–Crippen LogP) is 3.20. The van der Waals surface area contributed by atoms with Crippen LogP contribution in [0.4, 0.5) is 5.82 Å². The summed E-state index contributed by atoms with van der Waals surface area (Å²) in [6, 6.07) is 8.13. The standard InChI is InChI=1S/C17H17N3O2S/c1-21-13-4-2-12(3-5-13)14-10-23-17-15(14)16(18-11-19-17)20-6-8-22-9-7-20/h2-5,10-11H,6-9H2,1H3. The maximum Gasteiger partial charge on any atom is 0.141 e. The number of anilines is 1. The van der Waals surface area contributed by atoms with Gasteiger partial charge in [0.05, 0.1) is 25.7 Å². The Hall–Kier alpha value is -2.18. The van der Waals surface area contributed by atoms with E-state index in [1.807, 2.05) is 12.1 Å². The fourth-order valence-corrected chi connectivity index (χ4v) is 3.77. The molecule has 3 heterocycles. The average Bonchev–Trinajstić information content (AvgIpc) is 3.07. The van der Waals surface area contributed by atoms with Crippen LogP contribution in [-0.4, -0.2) is 43.4 Å². The first-order chi connectivity index (χ1) is 11.4. The van der Waals surface area contributed by atoms with Crippen LogP contribution in [0.15, 0.2) is 36.0 Å². The van der Waals surface area contributed by atoms with Gasteiger partial charge in [0.2, 0.25) is 0 Å². The minimum absolute atomic E-state index is 0.744. The highest BCUT2D eigenvalue weighted by Gasteiger charge is 2.19. The van der Waals surface area contributed by atoms with Crippen molar-refractivity contribution in [3.8, 4) is 16.9 Å². The van der Waals surface area contributed by atoms with Crippen LogP contribution >= 0.6 is 11.3 Å². The molecule has 0 amide bonds. The molecule has 0 atom stereocenters. The summed E-state index contributed by atoms with van der Waals surface area (Å²) in [5.41, 5.74) is 2.33. The normalized spacial score (nSPS) is 15.1. The van der Waals surface area contributed by atoms with Crippen molar-refractivity contribution in [2.45, 2.75) is 0 Å². The number of hydrogen-bond acceptors (Lipinski definition) is 6. The van der Waals surface area contributed by atoms with E-state index in [9.17, 15) is 0 Å². The Morgan fingerprint density at radius 2 is 1.91 bits per heavy atom. The monoisotopic (exact) mass is 327 g/mol. The van der Waals surface area contributed by atoms with Gasteiger partial charge in [-0.05, 0) is 17.7 Å². The van der Waals surface area contributed by atoms with E-state index in [4.69, 9.17) is 9.47 Å². The summed E-state index contributed by atoms with van der Waals surface area (Å²) in [5, 5.41) is 3.29. The molecule has 0 saturated carbocycles. The molecule has 0 bridgehead atoms. The molecular weight excluding hydrogens is 310 g/mol. The van der Waals surface area contributed by atoms with Crippen molar-refractivity contribution in [3.05, 3.63) is 36.0 Å². The molecule has 5 nitrogen and oxygen atoms in total. The fourth-order valence-electron chi connectivity index (χ4n) is 2.86. The first kappa shape index (κ1) is 14.4. The fraction of sp³-hybridized carbons (Fsp3) is 0.294. The zero-order valence-electron chi connectivity index (χ0n) is 12.9. The number of aromatic nitrogens is 2. The van der Waals surface area contributed by atoms with Gasteiger partial charge >= 0.3 is 0 Å². The van der Waals surface area contributed by atoms with Crippen molar-refractivity contribution in [3.63, 3.8) is 0 Å². The van der Waals surface area contributed by atoms with Crippen molar-refractivity contribution in [1.29, 1.82) is 0 Å². The second-order valence-corrected chi connectivity index (χ2v) is 6.21. The van der Waals surface area contributed by atoms with Gasteiger partial charge in [0.25, 0.3) is 0 Å². The maximum atomic E-state index is 5.46. The van der Waals surface area contributed by atoms with Crippen molar-refractivity contribution in [2.24, 2.45) is 0 Å². The number of morpholine rings is 1. The molecule has 1 aliphatic rings. The molecule has 1 saturated heterocycles. The molecule has 1 fully saturated rings. The minimum Gasteiger partial charge on any atom is -0.497 e. The molecule has 6 heteroatoms. The van der Waals surface area contributed by atoms with Crippen molar-refractivity contribution in [2.75, 3.05) is 38.3 Å². The Bertz CT molecular complexity index is 810. The average molecular weight is 327 g/mol. The van der Waals surface area contributed by atoms with Crippen LogP contribution in [-0.2, 0) is 4.74 Å². The number of hydrogen-bond donors (Lipinski definition) is 0. The molecule has 0 radical (unpaired) electrons. The topological polar surface area (TPSA) is 47.5 Å². The van der Waals surface area contributed by atoms with Crippen LogP contribution in [0.25, 0.3) is 21.3 Å². The summed E-state index contributed by atoms with van der Waals surface area (Å²) in [4.78, 5) is 12.3. The molecule has 0 N–H and O–H groups in total. The van der Waals surface area contributed by atoms with Crippen LogP contribution in [0.5, 0.6) is 5.75 Å². The Morgan fingerprint density at radius 1 is 1.13 bits per heavy atom. The van der Waals surface area contributed by atoms with E-state index in [1.54, 1.807) is 24.8 Å². The Kier molecular flexibility index (Phi) is 3.85. The molecule has 1 aliphatic heterocycles. The quantitative estimate of drug-likeness (QED) is 0.739. The summed E-state index contributed by atoms with van der Waals surface area (Å²) >= 11 is 1.66. The smallest absolute Gasteiger partial charge is 0.141 e. The number of rotatable bonds is 3. The first-order valence-corrected chi connectivity index (χ1v) is 8.44. The number of methoxy groups -OCH3 is 1. The summed E-state index contributed by atoms with van der Waals surface area (Å²) in [5.74, 6) is 1.86. The van der Waals surface area contributed by atoms with E-state index in [0.717, 1.165) is 53.7 Å². The van der Waals surface area contributed by atoms with E-state index in [0.29, 0.717) is 0 Å².